The Kier molecular flexibility index (Phi) is 5.03. The highest BCUT2D eigenvalue weighted by Gasteiger charge is 2.33. The lowest BCUT2D eigenvalue weighted by atomic mass is 10.1. The SMILES string of the molecule is C[C@@H]1Oc2ccccc2O[C@H]1C(=O)NCc1cccc(NS(C)(=O)=O)c1. The average Bonchev–Trinajstić information content (AvgIpc) is 2.58. The quantitative estimate of drug-likeness (QED) is 0.831. The largest absolute Gasteiger partial charge is 0.482 e. The van der Waals surface area contributed by atoms with Crippen LogP contribution in [0.5, 0.6) is 11.5 Å². The van der Waals surface area contributed by atoms with E-state index in [2.05, 4.69) is 10.0 Å². The Morgan fingerprint density at radius 2 is 1.77 bits per heavy atom. The summed E-state index contributed by atoms with van der Waals surface area (Å²) in [7, 11) is -3.35. The van der Waals surface area contributed by atoms with Crippen molar-refractivity contribution < 1.29 is 22.7 Å². The Labute approximate surface area is 152 Å². The van der Waals surface area contributed by atoms with Gasteiger partial charge in [0.1, 0.15) is 6.10 Å². The molecule has 2 atom stereocenters. The van der Waals surface area contributed by atoms with E-state index in [0.717, 1.165) is 11.8 Å². The van der Waals surface area contributed by atoms with E-state index in [4.69, 9.17) is 9.47 Å². The predicted molar refractivity (Wildman–Crippen MR) is 97.7 cm³/mol. The van der Waals surface area contributed by atoms with E-state index in [1.54, 1.807) is 43.3 Å². The number of fused-ring (bicyclic) bond motifs is 1. The summed E-state index contributed by atoms with van der Waals surface area (Å²) in [6.07, 6.45) is -0.105. The molecular weight excluding hydrogens is 356 g/mol. The summed E-state index contributed by atoms with van der Waals surface area (Å²) in [4.78, 5) is 12.5. The second-order valence-electron chi connectivity index (χ2n) is 6.10. The number of carbonyl (C=O) groups excluding carboxylic acids is 1. The van der Waals surface area contributed by atoms with E-state index in [1.807, 2.05) is 12.1 Å². The first-order chi connectivity index (χ1) is 12.3. The van der Waals surface area contributed by atoms with E-state index >= 15 is 0 Å². The molecule has 1 aliphatic rings. The third-order valence-corrected chi connectivity index (χ3v) is 4.40. The van der Waals surface area contributed by atoms with Crippen molar-refractivity contribution in [1.29, 1.82) is 0 Å². The molecule has 0 saturated heterocycles. The molecule has 0 spiro atoms. The van der Waals surface area contributed by atoms with Gasteiger partial charge in [-0.2, -0.15) is 0 Å². The van der Waals surface area contributed by atoms with Crippen molar-refractivity contribution in [2.75, 3.05) is 11.0 Å². The molecule has 1 amide bonds. The number of benzene rings is 2. The molecule has 7 nitrogen and oxygen atoms in total. The molecule has 0 unspecified atom stereocenters. The van der Waals surface area contributed by atoms with Crippen LogP contribution in [0, 0.1) is 0 Å². The summed E-state index contributed by atoms with van der Waals surface area (Å²) < 4.78 is 36.5. The monoisotopic (exact) mass is 376 g/mol. The first-order valence-corrected chi connectivity index (χ1v) is 9.98. The first-order valence-electron chi connectivity index (χ1n) is 8.08. The molecule has 0 radical (unpaired) electrons. The van der Waals surface area contributed by atoms with Crippen LogP contribution in [0.1, 0.15) is 12.5 Å². The molecule has 0 aliphatic carbocycles. The highest BCUT2D eigenvalue weighted by atomic mass is 32.2. The van der Waals surface area contributed by atoms with Gasteiger partial charge in [0, 0.05) is 12.2 Å². The summed E-state index contributed by atoms with van der Waals surface area (Å²) in [5.74, 6) is 0.849. The molecule has 26 heavy (non-hydrogen) atoms. The summed E-state index contributed by atoms with van der Waals surface area (Å²) in [5.41, 5.74) is 1.20. The minimum absolute atomic E-state index is 0.242. The van der Waals surface area contributed by atoms with Crippen LogP contribution in [0.15, 0.2) is 48.5 Å². The fourth-order valence-corrected chi connectivity index (χ4v) is 3.21. The Hall–Kier alpha value is -2.74. The summed E-state index contributed by atoms with van der Waals surface area (Å²) in [6.45, 7) is 2.02. The van der Waals surface area contributed by atoms with E-state index in [9.17, 15) is 13.2 Å². The number of rotatable bonds is 5. The van der Waals surface area contributed by atoms with Gasteiger partial charge < -0.3 is 14.8 Å². The van der Waals surface area contributed by atoms with Crippen molar-refractivity contribution in [2.24, 2.45) is 0 Å². The maximum Gasteiger partial charge on any atom is 0.265 e. The number of para-hydroxylation sites is 2. The fraction of sp³-hybridized carbons (Fsp3) is 0.278. The van der Waals surface area contributed by atoms with Crippen molar-refractivity contribution in [1.82, 2.24) is 5.32 Å². The number of carbonyl (C=O) groups is 1. The van der Waals surface area contributed by atoms with Crippen LogP contribution in [-0.2, 0) is 21.4 Å². The third-order valence-electron chi connectivity index (χ3n) is 3.80. The van der Waals surface area contributed by atoms with Crippen molar-refractivity contribution in [3.05, 3.63) is 54.1 Å². The molecule has 2 aromatic rings. The van der Waals surface area contributed by atoms with Crippen LogP contribution >= 0.6 is 0 Å². The van der Waals surface area contributed by atoms with Crippen LogP contribution < -0.4 is 19.5 Å². The predicted octanol–water partition coefficient (Wildman–Crippen LogP) is 1.90. The summed E-state index contributed by atoms with van der Waals surface area (Å²) >= 11 is 0. The second kappa shape index (κ2) is 7.25. The molecule has 2 aromatic carbocycles. The van der Waals surface area contributed by atoms with Crippen molar-refractivity contribution in [2.45, 2.75) is 25.7 Å². The third kappa shape index (κ3) is 4.45. The Morgan fingerprint density at radius 1 is 1.08 bits per heavy atom. The molecule has 0 saturated carbocycles. The highest BCUT2D eigenvalue weighted by Crippen LogP contribution is 2.33. The van der Waals surface area contributed by atoms with Gasteiger partial charge in [-0.05, 0) is 36.8 Å². The molecule has 0 aromatic heterocycles. The van der Waals surface area contributed by atoms with Gasteiger partial charge in [-0.25, -0.2) is 8.42 Å². The molecule has 2 N–H and O–H groups in total. The van der Waals surface area contributed by atoms with Crippen LogP contribution in [0.3, 0.4) is 0 Å². The smallest absolute Gasteiger partial charge is 0.265 e. The molecule has 1 aliphatic heterocycles. The molecule has 0 bridgehead atoms. The number of ether oxygens (including phenoxy) is 2. The number of hydrogen-bond donors (Lipinski definition) is 2. The van der Waals surface area contributed by atoms with Crippen LogP contribution in [0.2, 0.25) is 0 Å². The maximum atomic E-state index is 12.5. The topological polar surface area (TPSA) is 93.7 Å². The van der Waals surface area contributed by atoms with Crippen LogP contribution in [-0.4, -0.2) is 32.8 Å². The number of hydrogen-bond acceptors (Lipinski definition) is 5. The van der Waals surface area contributed by atoms with Gasteiger partial charge in [0.25, 0.3) is 5.91 Å². The van der Waals surface area contributed by atoms with Crippen molar-refractivity contribution >= 4 is 21.6 Å². The average molecular weight is 376 g/mol. The van der Waals surface area contributed by atoms with Gasteiger partial charge >= 0.3 is 0 Å². The second-order valence-corrected chi connectivity index (χ2v) is 7.85. The van der Waals surface area contributed by atoms with E-state index in [1.165, 1.54) is 0 Å². The molecule has 138 valence electrons. The summed E-state index contributed by atoms with van der Waals surface area (Å²) in [6, 6.07) is 14.0. The Balaban J connectivity index is 1.63. The van der Waals surface area contributed by atoms with Crippen LogP contribution in [0.4, 0.5) is 5.69 Å². The van der Waals surface area contributed by atoms with Crippen molar-refractivity contribution in [3.63, 3.8) is 0 Å². The minimum atomic E-state index is -3.35. The number of nitrogens with one attached hydrogen (secondary N) is 2. The normalized spacial score (nSPS) is 18.8. The first kappa shape index (κ1) is 18.1. The number of sulfonamides is 1. The zero-order valence-corrected chi connectivity index (χ0v) is 15.2. The van der Waals surface area contributed by atoms with Gasteiger partial charge in [-0.3, -0.25) is 9.52 Å². The zero-order valence-electron chi connectivity index (χ0n) is 14.4. The highest BCUT2D eigenvalue weighted by molar-refractivity contribution is 7.92. The number of amides is 1. The van der Waals surface area contributed by atoms with Gasteiger partial charge in [-0.1, -0.05) is 24.3 Å². The molecule has 3 rings (SSSR count). The zero-order chi connectivity index (χ0) is 18.7. The van der Waals surface area contributed by atoms with E-state index < -0.39 is 22.2 Å². The lowest BCUT2D eigenvalue weighted by molar-refractivity contribution is -0.133. The fourth-order valence-electron chi connectivity index (χ4n) is 2.65. The minimum Gasteiger partial charge on any atom is -0.482 e. The van der Waals surface area contributed by atoms with Crippen molar-refractivity contribution in [3.8, 4) is 11.5 Å². The molecular formula is C18H20N2O5S. The van der Waals surface area contributed by atoms with Gasteiger partial charge in [0.2, 0.25) is 16.1 Å². The lowest BCUT2D eigenvalue weighted by Crippen LogP contribution is -2.48. The van der Waals surface area contributed by atoms with Gasteiger partial charge in [-0.15, -0.1) is 0 Å². The molecule has 8 heteroatoms. The summed E-state index contributed by atoms with van der Waals surface area (Å²) in [5, 5.41) is 2.80. The molecule has 1 heterocycles. The number of anilines is 1. The van der Waals surface area contributed by atoms with E-state index in [-0.39, 0.29) is 12.5 Å². The van der Waals surface area contributed by atoms with Crippen LogP contribution in [0.25, 0.3) is 0 Å². The van der Waals surface area contributed by atoms with Gasteiger partial charge in [0.15, 0.2) is 11.5 Å². The Morgan fingerprint density at radius 3 is 2.46 bits per heavy atom. The maximum absolute atomic E-state index is 12.5. The van der Waals surface area contributed by atoms with Gasteiger partial charge in [0.05, 0.1) is 6.26 Å². The molecule has 0 fully saturated rings. The Bertz CT molecular complexity index is 913. The standard InChI is InChI=1S/C18H20N2O5S/c1-12-17(25-16-9-4-3-8-15(16)24-12)18(21)19-11-13-6-5-7-14(10-13)20-26(2,22)23/h3-10,12,17,20H,11H2,1-2H3,(H,19,21)/t12-,17+/m0/s1. The lowest BCUT2D eigenvalue weighted by Gasteiger charge is -2.31. The van der Waals surface area contributed by atoms with E-state index in [0.29, 0.717) is 17.2 Å².